The van der Waals surface area contributed by atoms with E-state index in [9.17, 15) is 14.4 Å². The molecule has 0 saturated carbocycles. The number of ketones is 1. The van der Waals surface area contributed by atoms with Crippen molar-refractivity contribution in [3.05, 3.63) is 59.2 Å². The van der Waals surface area contributed by atoms with Gasteiger partial charge in [0.15, 0.2) is 5.78 Å². The lowest BCUT2D eigenvalue weighted by molar-refractivity contribution is -0.118. The van der Waals surface area contributed by atoms with Crippen LogP contribution >= 0.6 is 0 Å². The first kappa shape index (κ1) is 18.5. The number of hydrogen-bond acceptors (Lipinski definition) is 4. The van der Waals surface area contributed by atoms with E-state index < -0.39 is 0 Å². The third kappa shape index (κ3) is 4.11. The zero-order valence-corrected chi connectivity index (χ0v) is 15.6. The molecule has 6 nitrogen and oxygen atoms in total. The highest BCUT2D eigenvalue weighted by Gasteiger charge is 2.26. The fraction of sp³-hybridized carbons (Fsp3) is 0.238. The molecule has 2 aromatic carbocycles. The van der Waals surface area contributed by atoms with E-state index in [-0.39, 0.29) is 30.4 Å². The van der Waals surface area contributed by atoms with Crippen LogP contribution in [0.15, 0.2) is 47.6 Å². The van der Waals surface area contributed by atoms with Gasteiger partial charge in [0.1, 0.15) is 5.71 Å². The van der Waals surface area contributed by atoms with E-state index in [0.717, 1.165) is 11.1 Å². The third-order valence-corrected chi connectivity index (χ3v) is 4.44. The summed E-state index contributed by atoms with van der Waals surface area (Å²) in [4.78, 5) is 36.3. The van der Waals surface area contributed by atoms with Crippen LogP contribution in [0, 0.1) is 13.8 Å². The maximum atomic E-state index is 12.6. The van der Waals surface area contributed by atoms with Crippen molar-refractivity contribution in [2.24, 2.45) is 5.10 Å². The van der Waals surface area contributed by atoms with E-state index in [1.165, 1.54) is 11.9 Å². The molecule has 0 fully saturated rings. The van der Waals surface area contributed by atoms with Crippen LogP contribution in [0.2, 0.25) is 0 Å². The van der Waals surface area contributed by atoms with Crippen LogP contribution in [0.4, 0.5) is 11.4 Å². The van der Waals surface area contributed by atoms with Crippen LogP contribution in [0.25, 0.3) is 0 Å². The number of hydrazone groups is 1. The van der Waals surface area contributed by atoms with Crippen molar-refractivity contribution in [1.29, 1.82) is 0 Å². The van der Waals surface area contributed by atoms with Crippen molar-refractivity contribution in [1.82, 2.24) is 0 Å². The number of nitrogens with zero attached hydrogens (tertiary/aromatic N) is 2. The Hall–Kier alpha value is -3.28. The van der Waals surface area contributed by atoms with Crippen LogP contribution in [-0.2, 0) is 9.59 Å². The van der Waals surface area contributed by atoms with Gasteiger partial charge in [-0.1, -0.05) is 12.1 Å². The molecule has 0 atom stereocenters. The topological polar surface area (TPSA) is 78.8 Å². The normalized spacial score (nSPS) is 14.0. The van der Waals surface area contributed by atoms with Crippen molar-refractivity contribution < 1.29 is 14.4 Å². The molecule has 138 valence electrons. The molecule has 1 aliphatic heterocycles. The Labute approximate surface area is 157 Å². The predicted molar refractivity (Wildman–Crippen MR) is 105 cm³/mol. The van der Waals surface area contributed by atoms with E-state index in [0.29, 0.717) is 22.6 Å². The summed E-state index contributed by atoms with van der Waals surface area (Å²) >= 11 is 0. The predicted octanol–water partition coefficient (Wildman–Crippen LogP) is 3.63. The standard InChI is InChI=1S/C21H21N3O3/c1-13-4-5-14(2)19(12-13)24-20(26)11-10-18(23-24)21(27)22-17-8-6-16(7-9-17)15(3)25/h4-9,12H,10-11H2,1-3H3,(H,22,27). The lowest BCUT2D eigenvalue weighted by Crippen LogP contribution is -2.36. The van der Waals surface area contributed by atoms with Crippen molar-refractivity contribution in [3.8, 4) is 0 Å². The molecule has 0 bridgehead atoms. The molecule has 2 amide bonds. The van der Waals surface area contributed by atoms with Crippen molar-refractivity contribution in [2.45, 2.75) is 33.6 Å². The molecule has 3 rings (SSSR count). The monoisotopic (exact) mass is 363 g/mol. The average molecular weight is 363 g/mol. The summed E-state index contributed by atoms with van der Waals surface area (Å²) in [7, 11) is 0. The second kappa shape index (κ2) is 7.53. The molecule has 0 unspecified atom stereocenters. The summed E-state index contributed by atoms with van der Waals surface area (Å²) in [6.45, 7) is 5.34. The lowest BCUT2D eigenvalue weighted by atomic mass is 10.1. The number of carbonyl (C=O) groups is 3. The van der Waals surface area contributed by atoms with E-state index in [2.05, 4.69) is 10.4 Å². The summed E-state index contributed by atoms with van der Waals surface area (Å²) < 4.78 is 0. The minimum Gasteiger partial charge on any atom is -0.321 e. The SMILES string of the molecule is CC(=O)c1ccc(NC(=O)C2=NN(c3cc(C)ccc3C)C(=O)CC2)cc1. The van der Waals surface area contributed by atoms with Gasteiger partial charge in [-0.2, -0.15) is 5.10 Å². The van der Waals surface area contributed by atoms with E-state index in [1.807, 2.05) is 32.0 Å². The van der Waals surface area contributed by atoms with Crippen molar-refractivity contribution in [2.75, 3.05) is 10.3 Å². The Morgan fingerprint density at radius 3 is 2.41 bits per heavy atom. The maximum absolute atomic E-state index is 12.6. The van der Waals surface area contributed by atoms with Gasteiger partial charge < -0.3 is 5.32 Å². The first-order valence-corrected chi connectivity index (χ1v) is 8.75. The summed E-state index contributed by atoms with van der Waals surface area (Å²) in [6.07, 6.45) is 0.514. The number of carbonyl (C=O) groups excluding carboxylic acids is 3. The van der Waals surface area contributed by atoms with Gasteiger partial charge in [-0.15, -0.1) is 0 Å². The highest BCUT2D eigenvalue weighted by atomic mass is 16.2. The fourth-order valence-electron chi connectivity index (χ4n) is 2.84. The minimum absolute atomic E-state index is 0.0350. The second-order valence-corrected chi connectivity index (χ2v) is 6.63. The van der Waals surface area contributed by atoms with Gasteiger partial charge in [-0.3, -0.25) is 14.4 Å². The third-order valence-electron chi connectivity index (χ3n) is 4.44. The summed E-state index contributed by atoms with van der Waals surface area (Å²) in [6, 6.07) is 12.4. The first-order chi connectivity index (χ1) is 12.8. The first-order valence-electron chi connectivity index (χ1n) is 8.75. The molecule has 2 aromatic rings. The molecule has 1 aliphatic rings. The van der Waals surface area contributed by atoms with Gasteiger partial charge in [0.2, 0.25) is 5.91 Å². The van der Waals surface area contributed by atoms with Gasteiger partial charge in [0.25, 0.3) is 5.91 Å². The molecule has 0 aliphatic carbocycles. The van der Waals surface area contributed by atoms with E-state index in [4.69, 9.17) is 0 Å². The maximum Gasteiger partial charge on any atom is 0.271 e. The Morgan fingerprint density at radius 1 is 1.04 bits per heavy atom. The summed E-state index contributed by atoms with van der Waals surface area (Å²) in [5, 5.41) is 8.40. The van der Waals surface area contributed by atoms with Gasteiger partial charge in [0, 0.05) is 24.1 Å². The van der Waals surface area contributed by atoms with Crippen molar-refractivity contribution in [3.63, 3.8) is 0 Å². The van der Waals surface area contributed by atoms with Crippen LogP contribution < -0.4 is 10.3 Å². The number of benzene rings is 2. The number of nitrogens with one attached hydrogen (secondary N) is 1. The molecule has 27 heavy (non-hydrogen) atoms. The van der Waals surface area contributed by atoms with Crippen LogP contribution in [-0.4, -0.2) is 23.3 Å². The van der Waals surface area contributed by atoms with Gasteiger partial charge in [0.05, 0.1) is 5.69 Å². The Morgan fingerprint density at radius 2 is 1.74 bits per heavy atom. The zero-order chi connectivity index (χ0) is 19.6. The quantitative estimate of drug-likeness (QED) is 0.843. The number of rotatable bonds is 4. The summed E-state index contributed by atoms with van der Waals surface area (Å²) in [5.41, 5.74) is 4.07. The average Bonchev–Trinajstić information content (AvgIpc) is 2.64. The molecule has 0 saturated heterocycles. The Bertz CT molecular complexity index is 946. The van der Waals surface area contributed by atoms with Gasteiger partial charge in [-0.25, -0.2) is 5.01 Å². The van der Waals surface area contributed by atoms with Gasteiger partial charge >= 0.3 is 0 Å². The smallest absolute Gasteiger partial charge is 0.271 e. The fourth-order valence-corrected chi connectivity index (χ4v) is 2.84. The van der Waals surface area contributed by atoms with Crippen LogP contribution in [0.5, 0.6) is 0 Å². The van der Waals surface area contributed by atoms with E-state index >= 15 is 0 Å². The van der Waals surface area contributed by atoms with E-state index in [1.54, 1.807) is 24.3 Å². The molecule has 0 spiro atoms. The highest BCUT2D eigenvalue weighted by Crippen LogP contribution is 2.25. The molecular formula is C21H21N3O3. The molecule has 0 radical (unpaired) electrons. The number of anilines is 2. The van der Waals surface area contributed by atoms with Crippen LogP contribution in [0.3, 0.4) is 0 Å². The molecule has 1 heterocycles. The number of aryl methyl sites for hydroxylation is 2. The largest absolute Gasteiger partial charge is 0.321 e. The number of Topliss-reactive ketones (excluding diaryl/α,β-unsaturated/α-hetero) is 1. The summed E-state index contributed by atoms with van der Waals surface area (Å²) in [5.74, 6) is -0.522. The second-order valence-electron chi connectivity index (χ2n) is 6.63. The van der Waals surface area contributed by atoms with Crippen molar-refractivity contribution >= 4 is 34.7 Å². The zero-order valence-electron chi connectivity index (χ0n) is 15.6. The molecule has 6 heteroatoms. The molecule has 0 aromatic heterocycles. The Kier molecular flexibility index (Phi) is 5.16. The number of amides is 2. The lowest BCUT2D eigenvalue weighted by Gasteiger charge is -2.24. The molecular weight excluding hydrogens is 342 g/mol. The number of hydrogen-bond donors (Lipinski definition) is 1. The minimum atomic E-state index is -0.353. The van der Waals surface area contributed by atoms with Crippen LogP contribution in [0.1, 0.15) is 41.3 Å². The Balaban J connectivity index is 1.82. The van der Waals surface area contributed by atoms with Gasteiger partial charge in [-0.05, 0) is 62.2 Å². The highest BCUT2D eigenvalue weighted by molar-refractivity contribution is 6.44. The molecule has 1 N–H and O–H groups in total.